The molecule has 1 nitrogen and oxygen atoms in total. The Balaban J connectivity index is 2.12. The van der Waals surface area contributed by atoms with Crippen molar-refractivity contribution in [3.05, 3.63) is 35.4 Å². The van der Waals surface area contributed by atoms with Crippen LogP contribution < -0.4 is 5.32 Å². The zero-order valence-electron chi connectivity index (χ0n) is 11.5. The Labute approximate surface area is 108 Å². The van der Waals surface area contributed by atoms with Crippen molar-refractivity contribution in [2.24, 2.45) is 5.92 Å². The second-order valence-electron chi connectivity index (χ2n) is 6.55. The first kappa shape index (κ1) is 13.5. The minimum Gasteiger partial charge on any atom is -0.312 e. The van der Waals surface area contributed by atoms with Crippen LogP contribution in [-0.4, -0.2) is 12.1 Å². The number of rotatable bonds is 3. The van der Waals surface area contributed by atoms with Crippen LogP contribution in [0.25, 0.3) is 0 Å². The molecule has 1 aliphatic carbocycles. The monoisotopic (exact) mass is 253 g/mol. The Morgan fingerprint density at radius 1 is 1.28 bits per heavy atom. The van der Waals surface area contributed by atoms with E-state index in [9.17, 15) is 8.78 Å². The lowest BCUT2D eigenvalue weighted by Gasteiger charge is -2.22. The molecule has 18 heavy (non-hydrogen) atoms. The van der Waals surface area contributed by atoms with Crippen LogP contribution in [0.15, 0.2) is 18.2 Å². The van der Waals surface area contributed by atoms with Crippen LogP contribution in [-0.2, 0) is 5.41 Å². The molecule has 0 aliphatic heterocycles. The summed E-state index contributed by atoms with van der Waals surface area (Å²) in [6.45, 7) is 9.03. The molecule has 1 saturated carbocycles. The highest BCUT2D eigenvalue weighted by Crippen LogP contribution is 2.55. The Kier molecular flexibility index (Phi) is 3.22. The van der Waals surface area contributed by atoms with E-state index in [4.69, 9.17) is 0 Å². The van der Waals surface area contributed by atoms with Gasteiger partial charge < -0.3 is 5.32 Å². The minimum absolute atomic E-state index is 0.0390. The Morgan fingerprint density at radius 2 is 1.83 bits per heavy atom. The fraction of sp³-hybridized carbons (Fsp3) is 0.600. The summed E-state index contributed by atoms with van der Waals surface area (Å²) < 4.78 is 27.5. The molecule has 1 N–H and O–H groups in total. The highest BCUT2D eigenvalue weighted by atomic mass is 19.1. The molecule has 0 aromatic heterocycles. The number of halogens is 2. The van der Waals surface area contributed by atoms with Gasteiger partial charge in [0.05, 0.1) is 0 Å². The maximum Gasteiger partial charge on any atom is 0.129 e. The van der Waals surface area contributed by atoms with Crippen molar-refractivity contribution in [2.75, 3.05) is 6.54 Å². The van der Waals surface area contributed by atoms with Gasteiger partial charge in [-0.15, -0.1) is 0 Å². The first-order chi connectivity index (χ1) is 8.24. The Morgan fingerprint density at radius 3 is 2.33 bits per heavy atom. The highest BCUT2D eigenvalue weighted by molar-refractivity contribution is 5.35. The van der Waals surface area contributed by atoms with Crippen molar-refractivity contribution in [3.8, 4) is 0 Å². The molecular formula is C15H21F2N. The summed E-state index contributed by atoms with van der Waals surface area (Å²) in [4.78, 5) is 0. The van der Waals surface area contributed by atoms with Crippen molar-refractivity contribution in [1.82, 2.24) is 5.32 Å². The molecule has 0 amide bonds. The number of hydrogen-bond donors (Lipinski definition) is 1. The fourth-order valence-electron chi connectivity index (χ4n) is 2.53. The maximum absolute atomic E-state index is 13.8. The van der Waals surface area contributed by atoms with Crippen LogP contribution in [0.1, 0.15) is 39.7 Å². The molecule has 2 rings (SSSR count). The lowest BCUT2D eigenvalue weighted by molar-refractivity contribution is 0.402. The summed E-state index contributed by atoms with van der Waals surface area (Å²) >= 11 is 0. The van der Waals surface area contributed by atoms with Gasteiger partial charge in [0.2, 0.25) is 0 Å². The third-order valence-electron chi connectivity index (χ3n) is 3.82. The summed E-state index contributed by atoms with van der Waals surface area (Å²) in [6, 6.07) is 4.11. The zero-order valence-corrected chi connectivity index (χ0v) is 11.5. The summed E-state index contributed by atoms with van der Waals surface area (Å²) in [6.07, 6.45) is 0.841. The van der Waals surface area contributed by atoms with E-state index in [1.165, 1.54) is 18.2 Å². The molecule has 2 atom stereocenters. The van der Waals surface area contributed by atoms with Crippen LogP contribution in [0.2, 0.25) is 0 Å². The largest absolute Gasteiger partial charge is 0.312 e. The SMILES string of the molecule is CC(C)(C)NCC1CC1(C)c1c(F)cccc1F. The first-order valence-electron chi connectivity index (χ1n) is 6.43. The summed E-state index contributed by atoms with van der Waals surface area (Å²) in [5.74, 6) is -0.533. The van der Waals surface area contributed by atoms with Gasteiger partial charge in [0.15, 0.2) is 0 Å². The van der Waals surface area contributed by atoms with Crippen molar-refractivity contribution in [1.29, 1.82) is 0 Å². The van der Waals surface area contributed by atoms with Gasteiger partial charge in [0.1, 0.15) is 11.6 Å². The molecule has 100 valence electrons. The normalized spacial score (nSPS) is 27.3. The van der Waals surface area contributed by atoms with E-state index >= 15 is 0 Å². The first-order valence-corrected chi connectivity index (χ1v) is 6.43. The predicted octanol–water partition coefficient (Wildman–Crippen LogP) is 3.63. The van der Waals surface area contributed by atoms with Crippen LogP contribution in [0.3, 0.4) is 0 Å². The molecule has 1 aromatic rings. The van der Waals surface area contributed by atoms with Crippen LogP contribution in [0.5, 0.6) is 0 Å². The molecular weight excluding hydrogens is 232 g/mol. The number of nitrogens with one attached hydrogen (secondary N) is 1. The molecule has 0 spiro atoms. The molecule has 0 heterocycles. The zero-order chi connectivity index (χ0) is 13.6. The minimum atomic E-state index is -0.421. The summed E-state index contributed by atoms with van der Waals surface area (Å²) in [5, 5.41) is 3.40. The van der Waals surface area contributed by atoms with Crippen LogP contribution >= 0.6 is 0 Å². The fourth-order valence-corrected chi connectivity index (χ4v) is 2.53. The smallest absolute Gasteiger partial charge is 0.129 e. The second-order valence-corrected chi connectivity index (χ2v) is 6.55. The van der Waals surface area contributed by atoms with Crippen LogP contribution in [0, 0.1) is 17.6 Å². The molecule has 0 radical (unpaired) electrons. The third kappa shape index (κ3) is 2.56. The van der Waals surface area contributed by atoms with Gasteiger partial charge in [-0.05, 0) is 51.8 Å². The highest BCUT2D eigenvalue weighted by Gasteiger charge is 2.53. The lowest BCUT2D eigenvalue weighted by atomic mass is 9.94. The predicted molar refractivity (Wildman–Crippen MR) is 69.6 cm³/mol. The van der Waals surface area contributed by atoms with Gasteiger partial charge in [-0.25, -0.2) is 8.78 Å². The van der Waals surface area contributed by atoms with E-state index in [-0.39, 0.29) is 16.5 Å². The molecule has 2 unspecified atom stereocenters. The number of benzene rings is 1. The maximum atomic E-state index is 13.8. The van der Waals surface area contributed by atoms with Crippen LogP contribution in [0.4, 0.5) is 8.78 Å². The molecule has 3 heteroatoms. The second kappa shape index (κ2) is 4.30. The topological polar surface area (TPSA) is 12.0 Å². The summed E-state index contributed by atoms with van der Waals surface area (Å²) in [5.41, 5.74) is -0.0592. The molecule has 1 aromatic carbocycles. The van der Waals surface area contributed by atoms with Gasteiger partial charge in [0, 0.05) is 16.5 Å². The molecule has 0 saturated heterocycles. The van der Waals surface area contributed by atoms with Crippen molar-refractivity contribution < 1.29 is 8.78 Å². The third-order valence-corrected chi connectivity index (χ3v) is 3.82. The average Bonchev–Trinajstić information content (AvgIpc) is 2.86. The van der Waals surface area contributed by atoms with E-state index < -0.39 is 11.6 Å². The van der Waals surface area contributed by atoms with Crippen molar-refractivity contribution >= 4 is 0 Å². The van der Waals surface area contributed by atoms with Gasteiger partial charge in [-0.2, -0.15) is 0 Å². The van der Waals surface area contributed by atoms with Gasteiger partial charge in [-0.3, -0.25) is 0 Å². The lowest BCUT2D eigenvalue weighted by Crippen LogP contribution is -2.38. The van der Waals surface area contributed by atoms with Gasteiger partial charge >= 0.3 is 0 Å². The Hall–Kier alpha value is -0.960. The molecule has 1 fully saturated rings. The number of hydrogen-bond acceptors (Lipinski definition) is 1. The van der Waals surface area contributed by atoms with E-state index in [1.807, 2.05) is 6.92 Å². The van der Waals surface area contributed by atoms with Crippen molar-refractivity contribution in [3.63, 3.8) is 0 Å². The van der Waals surface area contributed by atoms with E-state index in [2.05, 4.69) is 26.1 Å². The molecule has 0 bridgehead atoms. The molecule has 1 aliphatic rings. The van der Waals surface area contributed by atoms with E-state index in [0.29, 0.717) is 5.92 Å². The van der Waals surface area contributed by atoms with Crippen molar-refractivity contribution in [2.45, 2.75) is 45.1 Å². The standard InChI is InChI=1S/C15H21F2N/c1-14(2,3)18-9-10-8-15(10,4)13-11(16)6-5-7-12(13)17/h5-7,10,18H,8-9H2,1-4H3. The summed E-state index contributed by atoms with van der Waals surface area (Å²) in [7, 11) is 0. The Bertz CT molecular complexity index is 430. The van der Waals surface area contributed by atoms with E-state index in [1.54, 1.807) is 0 Å². The van der Waals surface area contributed by atoms with Gasteiger partial charge in [-0.1, -0.05) is 13.0 Å². The quantitative estimate of drug-likeness (QED) is 0.867. The van der Waals surface area contributed by atoms with E-state index in [0.717, 1.165) is 13.0 Å². The average molecular weight is 253 g/mol. The van der Waals surface area contributed by atoms with Gasteiger partial charge in [0.25, 0.3) is 0 Å².